The third-order valence-corrected chi connectivity index (χ3v) is 4.89. The van der Waals surface area contributed by atoms with E-state index in [0.717, 1.165) is 16.9 Å². The van der Waals surface area contributed by atoms with Crippen LogP contribution < -0.4 is 4.74 Å². The van der Waals surface area contributed by atoms with Crippen LogP contribution in [0.1, 0.15) is 17.2 Å². The van der Waals surface area contributed by atoms with Gasteiger partial charge in [-0.05, 0) is 51.3 Å². The first kappa shape index (κ1) is 18.6. The summed E-state index contributed by atoms with van der Waals surface area (Å²) in [6.45, 7) is 1.14. The Morgan fingerprint density at radius 1 is 1.36 bits per heavy atom. The first-order valence-electron chi connectivity index (χ1n) is 7.96. The van der Waals surface area contributed by atoms with E-state index in [9.17, 15) is 4.39 Å². The minimum Gasteiger partial charge on any atom is -0.497 e. The smallest absolute Gasteiger partial charge is 0.130 e. The second-order valence-corrected chi connectivity index (χ2v) is 7.15. The Balaban J connectivity index is 1.75. The van der Waals surface area contributed by atoms with Gasteiger partial charge in [-0.3, -0.25) is 4.90 Å². The van der Waals surface area contributed by atoms with Crippen molar-refractivity contribution in [2.75, 3.05) is 26.9 Å². The van der Waals surface area contributed by atoms with Crippen molar-refractivity contribution < 1.29 is 13.9 Å². The molecule has 4 nitrogen and oxygen atoms in total. The van der Waals surface area contributed by atoms with Crippen molar-refractivity contribution in [1.82, 2.24) is 9.88 Å². The van der Waals surface area contributed by atoms with Gasteiger partial charge in [0.25, 0.3) is 0 Å². The van der Waals surface area contributed by atoms with E-state index in [2.05, 4.69) is 25.8 Å². The lowest BCUT2D eigenvalue weighted by molar-refractivity contribution is -0.0741. The highest BCUT2D eigenvalue weighted by Crippen LogP contribution is 2.29. The zero-order valence-electron chi connectivity index (χ0n) is 13.8. The number of aromatic nitrogens is 1. The van der Waals surface area contributed by atoms with E-state index >= 15 is 0 Å². The van der Waals surface area contributed by atoms with Crippen LogP contribution in [0, 0.1) is 0 Å². The molecule has 1 aliphatic rings. The molecule has 2 atom stereocenters. The summed E-state index contributed by atoms with van der Waals surface area (Å²) in [5.74, 6) is 0.807. The summed E-state index contributed by atoms with van der Waals surface area (Å²) >= 11 is 9.39. The Morgan fingerprint density at radius 2 is 2.12 bits per heavy atom. The van der Waals surface area contributed by atoms with Gasteiger partial charge >= 0.3 is 0 Å². The van der Waals surface area contributed by atoms with Gasteiger partial charge in [0, 0.05) is 13.1 Å². The van der Waals surface area contributed by atoms with E-state index in [1.165, 1.54) is 0 Å². The Labute approximate surface area is 160 Å². The lowest BCUT2D eigenvalue weighted by atomic mass is 10.1. The number of pyridine rings is 1. The zero-order chi connectivity index (χ0) is 17.8. The lowest BCUT2D eigenvalue weighted by Gasteiger charge is -2.38. The molecule has 2 aromatic rings. The van der Waals surface area contributed by atoms with Gasteiger partial charge in [-0.1, -0.05) is 23.7 Å². The molecule has 0 radical (unpaired) electrons. The van der Waals surface area contributed by atoms with E-state index < -0.39 is 6.67 Å². The predicted molar refractivity (Wildman–Crippen MR) is 98.8 cm³/mol. The fourth-order valence-electron chi connectivity index (χ4n) is 2.92. The molecule has 0 bridgehead atoms. The quantitative estimate of drug-likeness (QED) is 0.659. The molecule has 1 fully saturated rings. The van der Waals surface area contributed by atoms with Crippen molar-refractivity contribution in [1.29, 1.82) is 0 Å². The third kappa shape index (κ3) is 4.70. The average Bonchev–Trinajstić information content (AvgIpc) is 2.61. The first-order chi connectivity index (χ1) is 12.1. The topological polar surface area (TPSA) is 34.6 Å². The highest BCUT2D eigenvalue weighted by Gasteiger charge is 2.30. The molecule has 25 heavy (non-hydrogen) atoms. The fraction of sp³-hybridized carbons (Fsp3) is 0.389. The second kappa shape index (κ2) is 8.45. The SMILES string of the molecule is COc1ccc(CN2C[C@@H](c3cc(Cl)nc(Br)c3)OC[C@@H]2CF)cc1. The Morgan fingerprint density at radius 3 is 2.76 bits per heavy atom. The van der Waals surface area contributed by atoms with Crippen molar-refractivity contribution in [3.05, 3.63) is 57.3 Å². The summed E-state index contributed by atoms with van der Waals surface area (Å²) in [6, 6.07) is 11.3. The molecular weight excluding hydrogens is 411 g/mol. The number of ether oxygens (including phenoxy) is 2. The standard InChI is InChI=1S/C18H19BrClFN2O2/c1-24-15-4-2-12(3-5-15)9-23-10-16(25-11-14(23)8-21)13-6-17(19)22-18(20)7-13/h2-7,14,16H,8-11H2,1H3/t14-,16-/m0/s1. The summed E-state index contributed by atoms with van der Waals surface area (Å²) < 4.78 is 25.1. The summed E-state index contributed by atoms with van der Waals surface area (Å²) in [5.41, 5.74) is 2.04. The number of halogens is 3. The molecule has 1 aromatic carbocycles. The van der Waals surface area contributed by atoms with Crippen molar-refractivity contribution in [3.8, 4) is 5.75 Å². The van der Waals surface area contributed by atoms with E-state index in [1.54, 1.807) is 13.2 Å². The van der Waals surface area contributed by atoms with Crippen LogP contribution in [0.25, 0.3) is 0 Å². The van der Waals surface area contributed by atoms with Crippen LogP contribution in [0.15, 0.2) is 41.0 Å². The van der Waals surface area contributed by atoms with E-state index in [1.807, 2.05) is 30.3 Å². The van der Waals surface area contributed by atoms with Gasteiger partial charge in [-0.25, -0.2) is 9.37 Å². The minimum atomic E-state index is -0.441. The molecule has 0 aliphatic carbocycles. The summed E-state index contributed by atoms with van der Waals surface area (Å²) in [5, 5.41) is 0.405. The molecule has 3 rings (SSSR count). The van der Waals surface area contributed by atoms with Gasteiger partial charge in [-0.15, -0.1) is 0 Å². The van der Waals surface area contributed by atoms with Crippen molar-refractivity contribution in [3.63, 3.8) is 0 Å². The Kier molecular flexibility index (Phi) is 6.28. The number of rotatable bonds is 5. The van der Waals surface area contributed by atoms with Crippen LogP contribution in [-0.4, -0.2) is 42.9 Å². The number of hydrogen-bond acceptors (Lipinski definition) is 4. The molecule has 2 heterocycles. The van der Waals surface area contributed by atoms with Crippen LogP contribution in [0.4, 0.5) is 4.39 Å². The van der Waals surface area contributed by atoms with E-state index in [0.29, 0.717) is 29.5 Å². The van der Waals surface area contributed by atoms with Gasteiger partial charge in [0.1, 0.15) is 22.2 Å². The Bertz CT molecular complexity index is 696. The van der Waals surface area contributed by atoms with Gasteiger partial charge in [0.2, 0.25) is 0 Å². The monoisotopic (exact) mass is 428 g/mol. The normalized spacial score (nSPS) is 21.3. The van der Waals surface area contributed by atoms with Crippen LogP contribution in [-0.2, 0) is 11.3 Å². The highest BCUT2D eigenvalue weighted by atomic mass is 79.9. The maximum absolute atomic E-state index is 13.4. The molecule has 0 spiro atoms. The largest absolute Gasteiger partial charge is 0.497 e. The molecular formula is C18H19BrClFN2O2. The van der Waals surface area contributed by atoms with Crippen molar-refractivity contribution >= 4 is 27.5 Å². The lowest BCUT2D eigenvalue weighted by Crippen LogP contribution is -2.47. The number of nitrogens with zero attached hydrogens (tertiary/aromatic N) is 2. The van der Waals surface area contributed by atoms with Gasteiger partial charge in [-0.2, -0.15) is 0 Å². The molecule has 1 saturated heterocycles. The van der Waals surface area contributed by atoms with Crippen molar-refractivity contribution in [2.45, 2.75) is 18.7 Å². The molecule has 0 N–H and O–H groups in total. The molecule has 0 amide bonds. The number of methoxy groups -OCH3 is 1. The van der Waals surface area contributed by atoms with Gasteiger partial charge in [0.05, 0.1) is 25.9 Å². The van der Waals surface area contributed by atoms with Crippen LogP contribution >= 0.6 is 27.5 Å². The molecule has 0 saturated carbocycles. The van der Waals surface area contributed by atoms with Crippen LogP contribution in [0.5, 0.6) is 5.75 Å². The van der Waals surface area contributed by atoms with E-state index in [4.69, 9.17) is 21.1 Å². The summed E-state index contributed by atoms with van der Waals surface area (Å²) in [6.07, 6.45) is -0.169. The molecule has 134 valence electrons. The van der Waals surface area contributed by atoms with Gasteiger partial charge in [0.15, 0.2) is 0 Å². The number of benzene rings is 1. The maximum atomic E-state index is 13.4. The number of hydrogen-bond donors (Lipinski definition) is 0. The minimum absolute atomic E-state index is 0.169. The molecule has 1 aromatic heterocycles. The van der Waals surface area contributed by atoms with E-state index in [-0.39, 0.29) is 12.1 Å². The molecule has 1 aliphatic heterocycles. The molecule has 7 heteroatoms. The van der Waals surface area contributed by atoms with Crippen LogP contribution in [0.3, 0.4) is 0 Å². The third-order valence-electron chi connectivity index (χ3n) is 4.29. The summed E-state index contributed by atoms with van der Waals surface area (Å²) in [7, 11) is 1.64. The van der Waals surface area contributed by atoms with Crippen LogP contribution in [0.2, 0.25) is 5.15 Å². The average molecular weight is 430 g/mol. The molecule has 0 unspecified atom stereocenters. The Hall–Kier alpha value is -1.21. The van der Waals surface area contributed by atoms with Crippen molar-refractivity contribution in [2.24, 2.45) is 0 Å². The summed E-state index contributed by atoms with van der Waals surface area (Å²) in [4.78, 5) is 6.21. The maximum Gasteiger partial charge on any atom is 0.130 e. The number of alkyl halides is 1. The fourth-order valence-corrected chi connectivity index (χ4v) is 3.69. The zero-order valence-corrected chi connectivity index (χ0v) is 16.1. The first-order valence-corrected chi connectivity index (χ1v) is 9.13. The van der Waals surface area contributed by atoms with Gasteiger partial charge < -0.3 is 9.47 Å². The number of morpholine rings is 1. The second-order valence-electron chi connectivity index (χ2n) is 5.95. The highest BCUT2D eigenvalue weighted by molar-refractivity contribution is 9.10. The predicted octanol–water partition coefficient (Wildman–Crippen LogP) is 4.42.